The number of carbonyl (C=O) groups is 2. The summed E-state index contributed by atoms with van der Waals surface area (Å²) in [5.74, 6) is -1.16. The number of anilines is 1. The summed E-state index contributed by atoms with van der Waals surface area (Å²) in [6, 6.07) is 9.89. The number of hydrogen-bond acceptors (Lipinski definition) is 5. The number of halogens is 2. The fraction of sp³-hybridized carbons (Fsp3) is 0.360. The number of aromatic nitrogens is 2. The van der Waals surface area contributed by atoms with Crippen LogP contribution < -0.4 is 10.2 Å². The van der Waals surface area contributed by atoms with Gasteiger partial charge in [-0.25, -0.2) is 4.39 Å². The first-order valence-corrected chi connectivity index (χ1v) is 12.4. The summed E-state index contributed by atoms with van der Waals surface area (Å²) in [6.07, 6.45) is 5.04. The van der Waals surface area contributed by atoms with E-state index in [4.69, 9.17) is 11.6 Å². The fourth-order valence-electron chi connectivity index (χ4n) is 4.24. The Kier molecular flexibility index (Phi) is 7.58. The van der Waals surface area contributed by atoms with E-state index in [2.05, 4.69) is 14.9 Å². The van der Waals surface area contributed by atoms with Crippen molar-refractivity contribution in [2.75, 3.05) is 4.90 Å². The maximum atomic E-state index is 13.9. The number of hydrogen-bond donors (Lipinski definition) is 1. The minimum Gasteiger partial charge on any atom is -0.351 e. The summed E-state index contributed by atoms with van der Waals surface area (Å²) in [4.78, 5) is 29.4. The van der Waals surface area contributed by atoms with Gasteiger partial charge in [0.15, 0.2) is 0 Å². The Morgan fingerprint density at radius 2 is 1.82 bits per heavy atom. The minimum absolute atomic E-state index is 0.0366. The highest BCUT2D eigenvalue weighted by atomic mass is 35.5. The van der Waals surface area contributed by atoms with Crippen LogP contribution in [0.25, 0.3) is 0 Å². The standard InChI is InChI=1S/C25H26ClFN4O2S/c1-15-8-13-20(14-21(15)26)31(25(33)23-16(2)29-30-34-23)22(17-9-11-18(27)12-10-17)24(32)28-19-6-4-3-5-7-19/h8-14,19,22H,3-7H2,1-2H3,(H,28,32). The van der Waals surface area contributed by atoms with Crippen molar-refractivity contribution in [1.82, 2.24) is 14.9 Å². The molecule has 1 N–H and O–H groups in total. The molecule has 2 amide bonds. The highest BCUT2D eigenvalue weighted by molar-refractivity contribution is 7.08. The van der Waals surface area contributed by atoms with Gasteiger partial charge in [-0.05, 0) is 73.6 Å². The SMILES string of the molecule is Cc1ccc(N(C(=O)c2snnc2C)C(C(=O)NC2CCCCC2)c2ccc(F)cc2)cc1Cl. The van der Waals surface area contributed by atoms with Crippen molar-refractivity contribution in [2.45, 2.75) is 58.0 Å². The van der Waals surface area contributed by atoms with Crippen LogP contribution in [-0.2, 0) is 4.79 Å². The molecule has 1 unspecified atom stereocenters. The van der Waals surface area contributed by atoms with E-state index in [1.165, 1.54) is 29.2 Å². The normalized spacial score (nSPS) is 15.1. The molecule has 1 aromatic heterocycles. The van der Waals surface area contributed by atoms with Gasteiger partial charge in [0.05, 0.1) is 5.69 Å². The first kappa shape index (κ1) is 24.3. The summed E-state index contributed by atoms with van der Waals surface area (Å²) >= 11 is 7.39. The number of benzene rings is 2. The van der Waals surface area contributed by atoms with Gasteiger partial charge in [0.1, 0.15) is 16.7 Å². The van der Waals surface area contributed by atoms with Crippen molar-refractivity contribution in [3.05, 3.63) is 75.0 Å². The highest BCUT2D eigenvalue weighted by Crippen LogP contribution is 2.34. The summed E-state index contributed by atoms with van der Waals surface area (Å²) in [5.41, 5.74) is 2.28. The zero-order chi connectivity index (χ0) is 24.2. The van der Waals surface area contributed by atoms with E-state index in [0.29, 0.717) is 26.8 Å². The molecule has 1 heterocycles. The van der Waals surface area contributed by atoms with Crippen LogP contribution in [0.4, 0.5) is 10.1 Å². The Morgan fingerprint density at radius 3 is 2.44 bits per heavy atom. The molecule has 2 aromatic carbocycles. The van der Waals surface area contributed by atoms with Gasteiger partial charge in [-0.2, -0.15) is 0 Å². The Bertz CT molecular complexity index is 1180. The average molecular weight is 501 g/mol. The maximum Gasteiger partial charge on any atom is 0.272 e. The lowest BCUT2D eigenvalue weighted by atomic mass is 9.94. The molecule has 1 atom stereocenters. The minimum atomic E-state index is -1.03. The van der Waals surface area contributed by atoms with Crippen LogP contribution >= 0.6 is 23.1 Å². The van der Waals surface area contributed by atoms with E-state index >= 15 is 0 Å². The molecule has 1 aliphatic rings. The van der Waals surface area contributed by atoms with Crippen LogP contribution in [0.2, 0.25) is 5.02 Å². The third-order valence-electron chi connectivity index (χ3n) is 6.14. The molecule has 0 bridgehead atoms. The molecule has 3 aromatic rings. The number of amides is 2. The van der Waals surface area contributed by atoms with Gasteiger partial charge in [-0.15, -0.1) is 5.10 Å². The maximum absolute atomic E-state index is 13.9. The zero-order valence-electron chi connectivity index (χ0n) is 19.1. The van der Waals surface area contributed by atoms with Gasteiger partial charge in [-0.1, -0.05) is 53.6 Å². The van der Waals surface area contributed by atoms with Gasteiger partial charge in [-0.3, -0.25) is 14.5 Å². The number of aryl methyl sites for hydroxylation is 2. The summed E-state index contributed by atoms with van der Waals surface area (Å²) < 4.78 is 17.7. The quantitative estimate of drug-likeness (QED) is 0.465. The van der Waals surface area contributed by atoms with Gasteiger partial charge in [0, 0.05) is 16.8 Å². The molecule has 0 aliphatic heterocycles. The average Bonchev–Trinajstić information content (AvgIpc) is 3.26. The molecule has 34 heavy (non-hydrogen) atoms. The molecule has 6 nitrogen and oxygen atoms in total. The lowest BCUT2D eigenvalue weighted by Gasteiger charge is -2.33. The van der Waals surface area contributed by atoms with Crippen molar-refractivity contribution in [3.8, 4) is 0 Å². The van der Waals surface area contributed by atoms with E-state index in [1.54, 1.807) is 25.1 Å². The topological polar surface area (TPSA) is 75.2 Å². The third kappa shape index (κ3) is 5.28. The summed E-state index contributed by atoms with van der Waals surface area (Å²) in [7, 11) is 0. The summed E-state index contributed by atoms with van der Waals surface area (Å²) in [5, 5.41) is 7.58. The molecule has 4 rings (SSSR count). The molecular weight excluding hydrogens is 475 g/mol. The van der Waals surface area contributed by atoms with Crippen LogP contribution in [0.3, 0.4) is 0 Å². The van der Waals surface area contributed by atoms with Crippen LogP contribution in [0.1, 0.15) is 64.6 Å². The van der Waals surface area contributed by atoms with Gasteiger partial charge >= 0.3 is 0 Å². The van der Waals surface area contributed by atoms with E-state index in [1.807, 2.05) is 6.92 Å². The number of rotatable bonds is 6. The largest absolute Gasteiger partial charge is 0.351 e. The molecule has 1 fully saturated rings. The second-order valence-corrected chi connectivity index (χ2v) is 9.76. The van der Waals surface area contributed by atoms with Crippen LogP contribution in [0, 0.1) is 19.7 Å². The van der Waals surface area contributed by atoms with Crippen molar-refractivity contribution in [1.29, 1.82) is 0 Å². The van der Waals surface area contributed by atoms with Gasteiger partial charge < -0.3 is 5.32 Å². The van der Waals surface area contributed by atoms with Gasteiger partial charge in [0.2, 0.25) is 5.91 Å². The Balaban J connectivity index is 1.82. The first-order chi connectivity index (χ1) is 16.3. The van der Waals surface area contributed by atoms with Crippen molar-refractivity contribution < 1.29 is 14.0 Å². The fourth-order valence-corrected chi connectivity index (χ4v) is 5.01. The monoisotopic (exact) mass is 500 g/mol. The highest BCUT2D eigenvalue weighted by Gasteiger charge is 2.36. The molecular formula is C25H26ClFN4O2S. The van der Waals surface area contributed by atoms with Gasteiger partial charge in [0.25, 0.3) is 5.91 Å². The van der Waals surface area contributed by atoms with E-state index in [0.717, 1.165) is 49.2 Å². The Morgan fingerprint density at radius 1 is 1.12 bits per heavy atom. The predicted octanol–water partition coefficient (Wildman–Crippen LogP) is 5.78. The molecule has 1 saturated carbocycles. The lowest BCUT2D eigenvalue weighted by Crippen LogP contribution is -2.47. The molecule has 0 spiro atoms. The molecule has 9 heteroatoms. The summed E-state index contributed by atoms with van der Waals surface area (Å²) in [6.45, 7) is 3.56. The predicted molar refractivity (Wildman–Crippen MR) is 132 cm³/mol. The van der Waals surface area contributed by atoms with Crippen LogP contribution in [0.5, 0.6) is 0 Å². The third-order valence-corrected chi connectivity index (χ3v) is 7.37. The number of carbonyl (C=O) groups excluding carboxylic acids is 2. The van der Waals surface area contributed by atoms with E-state index < -0.39 is 17.8 Å². The lowest BCUT2D eigenvalue weighted by molar-refractivity contribution is -0.123. The molecule has 1 aliphatic carbocycles. The first-order valence-electron chi connectivity index (χ1n) is 11.3. The number of nitrogens with one attached hydrogen (secondary N) is 1. The smallest absolute Gasteiger partial charge is 0.272 e. The van der Waals surface area contributed by atoms with Crippen molar-refractivity contribution in [3.63, 3.8) is 0 Å². The van der Waals surface area contributed by atoms with Crippen LogP contribution in [0.15, 0.2) is 42.5 Å². The van der Waals surface area contributed by atoms with Crippen molar-refractivity contribution >= 4 is 40.6 Å². The Labute approximate surface area is 207 Å². The van der Waals surface area contributed by atoms with Crippen LogP contribution in [-0.4, -0.2) is 27.4 Å². The van der Waals surface area contributed by atoms with Crippen molar-refractivity contribution in [2.24, 2.45) is 0 Å². The Hall–Kier alpha value is -2.84. The second kappa shape index (κ2) is 10.6. The molecule has 178 valence electrons. The molecule has 0 saturated heterocycles. The second-order valence-electron chi connectivity index (χ2n) is 8.59. The number of nitrogens with zero attached hydrogens (tertiary/aromatic N) is 3. The van der Waals surface area contributed by atoms with E-state index in [-0.39, 0.29) is 11.9 Å². The zero-order valence-corrected chi connectivity index (χ0v) is 20.6. The van der Waals surface area contributed by atoms with E-state index in [9.17, 15) is 14.0 Å². The molecule has 0 radical (unpaired) electrons.